The fourth-order valence-electron chi connectivity index (χ4n) is 4.49. The van der Waals surface area contributed by atoms with Gasteiger partial charge >= 0.3 is 5.97 Å². The van der Waals surface area contributed by atoms with E-state index in [2.05, 4.69) is 61.1 Å². The zero-order valence-corrected chi connectivity index (χ0v) is 25.5. The smallest absolute Gasteiger partial charge is 0.343 e. The predicted octanol–water partition coefficient (Wildman–Crippen LogP) is 7.31. The molecule has 7 nitrogen and oxygen atoms in total. The zero-order valence-electron chi connectivity index (χ0n) is 23.9. The number of esters is 1. The Kier molecular flexibility index (Phi) is 10.5. The van der Waals surface area contributed by atoms with Gasteiger partial charge in [0.05, 0.1) is 18.4 Å². The molecule has 0 spiro atoms. The molecule has 1 amide bonds. The predicted molar refractivity (Wildman–Crippen MR) is 161 cm³/mol. The number of hydrazone groups is 1. The average molecular weight is 610 g/mol. The van der Waals surface area contributed by atoms with Gasteiger partial charge < -0.3 is 14.2 Å². The van der Waals surface area contributed by atoms with Crippen molar-refractivity contribution < 1.29 is 23.8 Å². The number of amides is 1. The largest absolute Gasteiger partial charge is 0.490 e. The van der Waals surface area contributed by atoms with E-state index in [0.717, 1.165) is 10.9 Å². The molecule has 212 valence electrons. The van der Waals surface area contributed by atoms with Gasteiger partial charge in [0, 0.05) is 4.47 Å². The van der Waals surface area contributed by atoms with Crippen molar-refractivity contribution in [3.05, 3.63) is 87.9 Å². The van der Waals surface area contributed by atoms with Crippen LogP contribution in [0.3, 0.4) is 0 Å². The van der Waals surface area contributed by atoms with Crippen LogP contribution in [0.1, 0.15) is 69.4 Å². The molecule has 3 aromatic rings. The monoisotopic (exact) mass is 608 g/mol. The van der Waals surface area contributed by atoms with E-state index >= 15 is 0 Å². The van der Waals surface area contributed by atoms with Gasteiger partial charge in [-0.2, -0.15) is 5.10 Å². The minimum atomic E-state index is -0.495. The van der Waals surface area contributed by atoms with Gasteiger partial charge in [0.1, 0.15) is 5.75 Å². The van der Waals surface area contributed by atoms with Gasteiger partial charge in [-0.25, -0.2) is 10.2 Å². The summed E-state index contributed by atoms with van der Waals surface area (Å²) < 4.78 is 17.7. The maximum Gasteiger partial charge on any atom is 0.343 e. The van der Waals surface area contributed by atoms with Crippen molar-refractivity contribution in [1.29, 1.82) is 0 Å². The van der Waals surface area contributed by atoms with Crippen LogP contribution in [-0.4, -0.2) is 31.3 Å². The van der Waals surface area contributed by atoms with Crippen molar-refractivity contribution in [1.82, 2.24) is 5.43 Å². The summed E-state index contributed by atoms with van der Waals surface area (Å²) >= 11 is 3.35. The van der Waals surface area contributed by atoms with Crippen LogP contribution in [0, 0.1) is 5.41 Å². The molecule has 0 aliphatic rings. The topological polar surface area (TPSA) is 86.2 Å². The van der Waals surface area contributed by atoms with Crippen LogP contribution < -0.4 is 19.6 Å². The van der Waals surface area contributed by atoms with Crippen LogP contribution >= 0.6 is 15.9 Å². The molecule has 0 fully saturated rings. The Labute approximate surface area is 245 Å². The minimum absolute atomic E-state index is 0.0320. The maximum atomic E-state index is 12.5. The summed E-state index contributed by atoms with van der Waals surface area (Å²) in [5, 5.41) is 4.01. The standard InChI is InChI=1S/C32H37BrN2O5/c1-7-38-28-18-22(8-17-27(28)40-30(37)23-9-13-25(33)14-10-23)19-34-35-29(36)20-39-26-15-11-24(12-16-26)32(5,6)21-31(2,3)4/h8-19H,7,20-21H2,1-6H3,(H,35,36). The molecule has 0 saturated carbocycles. The van der Waals surface area contributed by atoms with E-state index in [4.69, 9.17) is 14.2 Å². The van der Waals surface area contributed by atoms with Crippen LogP contribution in [0.15, 0.2) is 76.3 Å². The second-order valence-corrected chi connectivity index (χ2v) is 12.2. The van der Waals surface area contributed by atoms with Crippen molar-refractivity contribution in [2.75, 3.05) is 13.2 Å². The van der Waals surface area contributed by atoms with Crippen molar-refractivity contribution in [3.63, 3.8) is 0 Å². The lowest BCUT2D eigenvalue weighted by Crippen LogP contribution is -2.25. The molecular formula is C32H37BrN2O5. The first-order valence-corrected chi connectivity index (χ1v) is 14.0. The summed E-state index contributed by atoms with van der Waals surface area (Å²) in [6.45, 7) is 13.2. The second kappa shape index (κ2) is 13.6. The highest BCUT2D eigenvalue weighted by Crippen LogP contribution is 2.36. The summed E-state index contributed by atoms with van der Waals surface area (Å²) in [5.41, 5.74) is 5.01. The quantitative estimate of drug-likeness (QED) is 0.107. The molecule has 0 aromatic heterocycles. The number of carbonyl (C=O) groups excluding carboxylic acids is 2. The summed E-state index contributed by atoms with van der Waals surface area (Å²) in [7, 11) is 0. The van der Waals surface area contributed by atoms with Crippen molar-refractivity contribution >= 4 is 34.0 Å². The number of benzene rings is 3. The van der Waals surface area contributed by atoms with Gasteiger partial charge in [0.2, 0.25) is 0 Å². The first-order valence-electron chi connectivity index (χ1n) is 13.2. The van der Waals surface area contributed by atoms with E-state index < -0.39 is 11.9 Å². The first kappa shape index (κ1) is 30.9. The lowest BCUT2D eigenvalue weighted by molar-refractivity contribution is -0.123. The summed E-state index contributed by atoms with van der Waals surface area (Å²) in [6.07, 6.45) is 2.53. The third kappa shape index (κ3) is 9.52. The highest BCUT2D eigenvalue weighted by molar-refractivity contribution is 9.10. The van der Waals surface area contributed by atoms with Gasteiger partial charge in [-0.05, 0) is 89.9 Å². The van der Waals surface area contributed by atoms with Crippen LogP contribution in [0.5, 0.6) is 17.2 Å². The van der Waals surface area contributed by atoms with Crippen molar-refractivity contribution in [2.24, 2.45) is 10.5 Å². The Morgan fingerprint density at radius 2 is 1.57 bits per heavy atom. The molecule has 0 unspecified atom stereocenters. The molecule has 3 rings (SSSR count). The first-order chi connectivity index (χ1) is 18.9. The third-order valence-electron chi connectivity index (χ3n) is 5.93. The number of halogens is 1. The molecule has 0 heterocycles. The van der Waals surface area contributed by atoms with Crippen LogP contribution in [0.2, 0.25) is 0 Å². The van der Waals surface area contributed by atoms with E-state index in [1.165, 1.54) is 11.8 Å². The third-order valence-corrected chi connectivity index (χ3v) is 6.46. The molecular weight excluding hydrogens is 572 g/mol. The van der Waals surface area contributed by atoms with Gasteiger partial charge in [-0.1, -0.05) is 62.7 Å². The number of carbonyl (C=O) groups is 2. The SMILES string of the molecule is CCOc1cc(C=NNC(=O)COc2ccc(C(C)(C)CC(C)(C)C)cc2)ccc1OC(=O)c1ccc(Br)cc1. The Balaban J connectivity index is 1.54. The highest BCUT2D eigenvalue weighted by Gasteiger charge is 2.27. The van der Waals surface area contributed by atoms with Gasteiger partial charge in [0.25, 0.3) is 5.91 Å². The fourth-order valence-corrected chi connectivity index (χ4v) is 4.76. The van der Waals surface area contributed by atoms with Crippen LogP contribution in [0.4, 0.5) is 0 Å². The molecule has 3 aromatic carbocycles. The van der Waals surface area contributed by atoms with Gasteiger partial charge in [0.15, 0.2) is 18.1 Å². The minimum Gasteiger partial charge on any atom is -0.490 e. The number of nitrogens with one attached hydrogen (secondary N) is 1. The molecule has 0 aliphatic heterocycles. The molecule has 40 heavy (non-hydrogen) atoms. The van der Waals surface area contributed by atoms with Crippen molar-refractivity contribution in [2.45, 2.75) is 53.4 Å². The average Bonchev–Trinajstić information content (AvgIpc) is 2.88. The Hall–Kier alpha value is -3.65. The molecule has 0 bridgehead atoms. The lowest BCUT2D eigenvalue weighted by atomic mass is 9.72. The Morgan fingerprint density at radius 1 is 0.900 bits per heavy atom. The Morgan fingerprint density at radius 3 is 2.20 bits per heavy atom. The highest BCUT2D eigenvalue weighted by atomic mass is 79.9. The second-order valence-electron chi connectivity index (χ2n) is 11.3. The van der Waals surface area contributed by atoms with E-state index in [1.54, 1.807) is 42.5 Å². The lowest BCUT2D eigenvalue weighted by Gasteiger charge is -2.33. The maximum absolute atomic E-state index is 12.5. The zero-order chi connectivity index (χ0) is 29.3. The molecule has 0 aliphatic carbocycles. The number of ether oxygens (including phenoxy) is 3. The molecule has 0 saturated heterocycles. The molecule has 0 atom stereocenters. The normalized spacial score (nSPS) is 11.8. The Bertz CT molecular complexity index is 1330. The summed E-state index contributed by atoms with van der Waals surface area (Å²) in [4.78, 5) is 24.8. The van der Waals surface area contributed by atoms with Crippen LogP contribution in [0.25, 0.3) is 0 Å². The molecule has 8 heteroatoms. The van der Waals surface area contributed by atoms with Gasteiger partial charge in [-0.3, -0.25) is 4.79 Å². The van der Waals surface area contributed by atoms with E-state index in [9.17, 15) is 9.59 Å². The molecule has 0 radical (unpaired) electrons. The molecule has 1 N–H and O–H groups in total. The van der Waals surface area contributed by atoms with E-state index in [-0.39, 0.29) is 23.2 Å². The van der Waals surface area contributed by atoms with Crippen LogP contribution in [-0.2, 0) is 10.2 Å². The fraction of sp³-hybridized carbons (Fsp3) is 0.344. The number of hydrogen-bond donors (Lipinski definition) is 1. The summed E-state index contributed by atoms with van der Waals surface area (Å²) in [6, 6.07) is 19.8. The van der Waals surface area contributed by atoms with E-state index in [0.29, 0.717) is 29.2 Å². The number of hydrogen-bond acceptors (Lipinski definition) is 6. The number of nitrogens with zero attached hydrogens (tertiary/aromatic N) is 1. The van der Waals surface area contributed by atoms with E-state index in [1.807, 2.05) is 31.2 Å². The summed E-state index contributed by atoms with van der Waals surface area (Å²) in [5.74, 6) is 0.408. The van der Waals surface area contributed by atoms with Gasteiger partial charge in [-0.15, -0.1) is 0 Å². The number of rotatable bonds is 11. The van der Waals surface area contributed by atoms with Crippen molar-refractivity contribution in [3.8, 4) is 17.2 Å².